The maximum atomic E-state index is 13.9. The summed E-state index contributed by atoms with van der Waals surface area (Å²) < 4.78 is 37.8. The number of nitrogens with zero attached hydrogens (tertiary/aromatic N) is 1. The molecular weight excluding hydrogens is 571 g/mol. The summed E-state index contributed by atoms with van der Waals surface area (Å²) in [6.45, 7) is 8.34. The molecule has 0 aliphatic carbocycles. The fourth-order valence-corrected chi connectivity index (χ4v) is 6.04. The van der Waals surface area contributed by atoms with E-state index < -0.39 is 55.7 Å². The van der Waals surface area contributed by atoms with Gasteiger partial charge in [-0.15, -0.1) is 0 Å². The summed E-state index contributed by atoms with van der Waals surface area (Å²) in [5.41, 5.74) is -2.55. The molecule has 1 aromatic carbocycles. The van der Waals surface area contributed by atoms with Crippen LogP contribution in [0.25, 0.3) is 0 Å². The van der Waals surface area contributed by atoms with Crippen LogP contribution in [-0.4, -0.2) is 62.9 Å². The third kappa shape index (κ3) is 8.23. The van der Waals surface area contributed by atoms with E-state index in [9.17, 15) is 24.4 Å². The third-order valence-corrected chi connectivity index (χ3v) is 8.49. The van der Waals surface area contributed by atoms with Crippen LogP contribution in [0.2, 0.25) is 5.02 Å². The molecule has 1 aliphatic heterocycles. The number of aromatic amines is 1. The highest BCUT2D eigenvalue weighted by Crippen LogP contribution is 2.51. The van der Waals surface area contributed by atoms with Crippen LogP contribution in [0.1, 0.15) is 40.8 Å². The van der Waals surface area contributed by atoms with Gasteiger partial charge in [0.05, 0.1) is 25.3 Å². The number of H-pyrrole nitrogens is 1. The van der Waals surface area contributed by atoms with E-state index in [0.29, 0.717) is 5.02 Å². The Morgan fingerprint density at radius 2 is 1.95 bits per heavy atom. The van der Waals surface area contributed by atoms with Crippen LogP contribution in [0.4, 0.5) is 0 Å². The molecule has 14 heteroatoms. The number of aliphatic hydroxyl groups is 2. The lowest BCUT2D eigenvalue weighted by Crippen LogP contribution is -2.44. The Labute approximate surface area is 236 Å². The molecule has 0 saturated carbocycles. The number of nitrogens with one attached hydrogen (secondary N) is 1. The van der Waals surface area contributed by atoms with Crippen LogP contribution in [-0.2, 0) is 23.4 Å². The van der Waals surface area contributed by atoms with Gasteiger partial charge in [-0.05, 0) is 48.8 Å². The highest BCUT2D eigenvalue weighted by atomic mass is 35.5. The summed E-state index contributed by atoms with van der Waals surface area (Å²) in [4.78, 5) is 26.6. The average molecular weight is 605 g/mol. The van der Waals surface area contributed by atoms with Crippen molar-refractivity contribution >= 4 is 37.4 Å². The van der Waals surface area contributed by atoms with Crippen LogP contribution >= 0.6 is 31.4 Å². The molecule has 2 aromatic rings. The van der Waals surface area contributed by atoms with Crippen molar-refractivity contribution in [2.45, 2.75) is 58.7 Å². The van der Waals surface area contributed by atoms with E-state index in [1.165, 1.54) is 35.9 Å². The van der Waals surface area contributed by atoms with E-state index >= 15 is 0 Å². The van der Waals surface area contributed by atoms with Crippen molar-refractivity contribution < 1.29 is 38.1 Å². The number of ether oxygens (including phenoxy) is 2. The van der Waals surface area contributed by atoms with E-state index in [-0.39, 0.29) is 28.7 Å². The van der Waals surface area contributed by atoms with E-state index in [4.69, 9.17) is 42.3 Å². The maximum absolute atomic E-state index is 13.9. The number of halogens is 1. The molecular formula is C25H34ClN2O9PS. The Morgan fingerprint density at radius 3 is 2.54 bits per heavy atom. The quantitative estimate of drug-likeness (QED) is 0.206. The standard InChI is InChI=1S/C25H34ClN2O9PS/c1-15(21(31)34-14-24(2,3)4)13-38(33,37-17-8-6-16(26)7-9-17)35-12-18-20(30)25(5,32)22(36-18)28-11-10-19(29)27-23(28)39/h6-11,15,18,20,22,30,32H,12-14H2,1-5H3,(H,27,29,39)/t15-,18-,20+,22-,25?,38?/m1/s1. The van der Waals surface area contributed by atoms with E-state index in [2.05, 4.69) is 4.98 Å². The number of hydrogen-bond acceptors (Lipinski definition) is 10. The van der Waals surface area contributed by atoms with Crippen molar-refractivity contribution in [2.75, 3.05) is 19.4 Å². The number of carbonyl (C=O) groups excluding carboxylic acids is 1. The monoisotopic (exact) mass is 604 g/mol. The summed E-state index contributed by atoms with van der Waals surface area (Å²) >= 11 is 11.1. The topological polar surface area (TPSA) is 149 Å². The number of benzene rings is 1. The largest absolute Gasteiger partial charge is 0.465 e. The number of esters is 1. The number of rotatable bonds is 10. The predicted molar refractivity (Wildman–Crippen MR) is 147 cm³/mol. The molecule has 1 saturated heterocycles. The lowest BCUT2D eigenvalue weighted by Gasteiger charge is -2.28. The first-order chi connectivity index (χ1) is 18.0. The van der Waals surface area contributed by atoms with E-state index in [0.717, 1.165) is 0 Å². The average Bonchev–Trinajstić information content (AvgIpc) is 3.05. The minimum atomic E-state index is -4.05. The molecule has 0 radical (unpaired) electrons. The smallest absolute Gasteiger partial charge is 0.380 e. The second kappa shape index (κ2) is 12.2. The molecule has 1 fully saturated rings. The van der Waals surface area contributed by atoms with Crippen LogP contribution < -0.4 is 10.1 Å². The maximum Gasteiger partial charge on any atom is 0.380 e. The van der Waals surface area contributed by atoms with Gasteiger partial charge in [0.15, 0.2) is 11.0 Å². The molecule has 0 amide bonds. The van der Waals surface area contributed by atoms with Gasteiger partial charge in [-0.3, -0.25) is 23.7 Å². The molecule has 39 heavy (non-hydrogen) atoms. The number of aliphatic hydroxyl groups excluding tert-OH is 1. The summed E-state index contributed by atoms with van der Waals surface area (Å²) in [5, 5.41) is 22.3. The van der Waals surface area contributed by atoms with Gasteiger partial charge in [-0.2, -0.15) is 0 Å². The molecule has 2 heterocycles. The minimum Gasteiger partial charge on any atom is -0.465 e. The fraction of sp³-hybridized carbons (Fsp3) is 0.560. The molecule has 6 atom stereocenters. The molecule has 3 rings (SSSR count). The summed E-state index contributed by atoms with van der Waals surface area (Å²) in [6, 6.07) is 7.28. The Balaban J connectivity index is 1.79. The SMILES string of the molecule is C[C@H](CP(=O)(OC[C@H]1O[C@@H](n2ccc(=O)[nH]c2=S)C(C)(O)[C@H]1O)Oc1ccc(Cl)cc1)C(=O)OCC(C)(C)C. The first-order valence-electron chi connectivity index (χ1n) is 12.2. The van der Waals surface area contributed by atoms with E-state index in [1.807, 2.05) is 20.8 Å². The lowest BCUT2D eigenvalue weighted by molar-refractivity contribution is -0.150. The molecule has 216 valence electrons. The number of hydrogen-bond donors (Lipinski definition) is 3. The highest BCUT2D eigenvalue weighted by Gasteiger charge is 2.53. The molecule has 0 spiro atoms. The molecule has 2 unspecified atom stereocenters. The zero-order valence-electron chi connectivity index (χ0n) is 22.3. The molecule has 1 aliphatic rings. The first-order valence-corrected chi connectivity index (χ1v) is 14.7. The fourth-order valence-electron chi connectivity index (χ4n) is 3.79. The summed E-state index contributed by atoms with van der Waals surface area (Å²) in [6.07, 6.45) is -2.84. The first kappa shape index (κ1) is 31.5. The van der Waals surface area contributed by atoms with Gasteiger partial charge < -0.3 is 24.2 Å². The molecule has 11 nitrogen and oxygen atoms in total. The van der Waals surface area contributed by atoms with Crippen LogP contribution in [0.5, 0.6) is 5.75 Å². The van der Waals surface area contributed by atoms with Crippen LogP contribution in [0.15, 0.2) is 41.3 Å². The second-order valence-electron chi connectivity index (χ2n) is 10.9. The van der Waals surface area contributed by atoms with Gasteiger partial charge in [0.25, 0.3) is 5.56 Å². The van der Waals surface area contributed by atoms with Crippen molar-refractivity contribution in [1.29, 1.82) is 0 Å². The highest BCUT2D eigenvalue weighted by molar-refractivity contribution is 7.71. The minimum absolute atomic E-state index is 0.0270. The molecule has 3 N–H and O–H groups in total. The van der Waals surface area contributed by atoms with Crippen LogP contribution in [0.3, 0.4) is 0 Å². The van der Waals surface area contributed by atoms with Crippen molar-refractivity contribution in [3.05, 3.63) is 56.7 Å². The Bertz CT molecular complexity index is 1320. The van der Waals surface area contributed by atoms with Crippen molar-refractivity contribution in [3.63, 3.8) is 0 Å². The normalized spacial score (nSPS) is 25.6. The van der Waals surface area contributed by atoms with Gasteiger partial charge in [0.1, 0.15) is 23.6 Å². The van der Waals surface area contributed by atoms with E-state index in [1.54, 1.807) is 19.1 Å². The van der Waals surface area contributed by atoms with Crippen molar-refractivity contribution in [2.24, 2.45) is 11.3 Å². The Morgan fingerprint density at radius 1 is 1.31 bits per heavy atom. The Hall–Kier alpha value is -2.05. The second-order valence-corrected chi connectivity index (χ2v) is 13.8. The third-order valence-electron chi connectivity index (χ3n) is 5.90. The number of aromatic nitrogens is 2. The van der Waals surface area contributed by atoms with Gasteiger partial charge in [0.2, 0.25) is 0 Å². The lowest BCUT2D eigenvalue weighted by atomic mass is 9.96. The predicted octanol–water partition coefficient (Wildman–Crippen LogP) is 4.08. The van der Waals surface area contributed by atoms with Gasteiger partial charge >= 0.3 is 13.6 Å². The van der Waals surface area contributed by atoms with Gasteiger partial charge in [-0.1, -0.05) is 39.3 Å². The van der Waals surface area contributed by atoms with Gasteiger partial charge in [-0.25, -0.2) is 4.57 Å². The van der Waals surface area contributed by atoms with Crippen molar-refractivity contribution in [3.8, 4) is 5.75 Å². The summed E-state index contributed by atoms with van der Waals surface area (Å²) in [7, 11) is -4.05. The van der Waals surface area contributed by atoms with Gasteiger partial charge in [0, 0.05) is 17.3 Å². The van der Waals surface area contributed by atoms with Crippen molar-refractivity contribution in [1.82, 2.24) is 9.55 Å². The zero-order valence-corrected chi connectivity index (χ0v) is 24.8. The molecule has 0 bridgehead atoms. The molecule has 1 aromatic heterocycles. The summed E-state index contributed by atoms with van der Waals surface area (Å²) in [5.74, 6) is -1.23. The Kier molecular flexibility index (Phi) is 9.86. The number of carbonyl (C=O) groups is 1. The van der Waals surface area contributed by atoms with Crippen LogP contribution in [0, 0.1) is 16.1 Å². The zero-order chi connectivity index (χ0) is 29.2.